The molecule has 2 saturated heterocycles. The van der Waals surface area contributed by atoms with Crippen LogP contribution in [-0.4, -0.2) is 88.4 Å². The second kappa shape index (κ2) is 13.4. The van der Waals surface area contributed by atoms with E-state index in [1.54, 1.807) is 6.92 Å². The van der Waals surface area contributed by atoms with E-state index in [0.29, 0.717) is 6.04 Å². The molecule has 3 rings (SSSR count). The molecule has 1 unspecified atom stereocenters. The zero-order chi connectivity index (χ0) is 20.9. The van der Waals surface area contributed by atoms with E-state index in [9.17, 15) is 4.79 Å². The van der Waals surface area contributed by atoms with Crippen LogP contribution in [0.3, 0.4) is 0 Å². The van der Waals surface area contributed by atoms with Gasteiger partial charge in [-0.25, -0.2) is 0 Å². The number of benzene rings is 1. The molecule has 164 valence electrons. The molecular weight excluding hydrogens is 368 g/mol. The van der Waals surface area contributed by atoms with Crippen molar-refractivity contribution < 1.29 is 14.3 Å². The minimum atomic E-state index is 0.199. The number of ether oxygens (including phenoxy) is 2. The quantitative estimate of drug-likeness (QED) is 0.676. The summed E-state index contributed by atoms with van der Waals surface area (Å²) in [6.07, 6.45) is 3.38. The molecule has 0 aromatic heterocycles. The summed E-state index contributed by atoms with van der Waals surface area (Å²) in [6.45, 7) is 9.15. The van der Waals surface area contributed by atoms with E-state index < -0.39 is 0 Å². The number of nitrogens with one attached hydrogen (secondary N) is 2. The summed E-state index contributed by atoms with van der Waals surface area (Å²) in [5.41, 5.74) is 1.08. The second-order valence-corrected chi connectivity index (χ2v) is 7.53. The summed E-state index contributed by atoms with van der Waals surface area (Å²) in [6, 6.07) is 8.56. The zero-order valence-electron chi connectivity index (χ0n) is 18.3. The predicted octanol–water partition coefficient (Wildman–Crippen LogP) is 2.05. The van der Waals surface area contributed by atoms with Gasteiger partial charge in [-0.05, 0) is 38.4 Å². The number of hydrogen-bond acceptors (Lipinski definition) is 6. The molecule has 2 N–H and O–H groups in total. The predicted molar refractivity (Wildman–Crippen MR) is 118 cm³/mol. The van der Waals surface area contributed by atoms with Gasteiger partial charge in [-0.2, -0.15) is 0 Å². The summed E-state index contributed by atoms with van der Waals surface area (Å²) in [4.78, 5) is 15.3. The van der Waals surface area contributed by atoms with Crippen LogP contribution in [0.2, 0.25) is 0 Å². The van der Waals surface area contributed by atoms with Gasteiger partial charge in [0.1, 0.15) is 5.75 Å². The number of amides is 1. The minimum absolute atomic E-state index is 0.199. The standard InChI is InChI=1S/C14H22N2O2.C8H16N2O/c1-15-13-4-2-5-14(12-13)18-9-3-6-16-7-10-17-11-8-16;1-7(11)10-5-3-4-8(6-10)9-2/h2,4-5,12,15H,3,6-11H2,1H3;8-9H,3-6H2,1-2H3. The molecule has 1 amide bonds. The van der Waals surface area contributed by atoms with Gasteiger partial charge in [-0.15, -0.1) is 0 Å². The van der Waals surface area contributed by atoms with Crippen molar-refractivity contribution >= 4 is 11.6 Å². The van der Waals surface area contributed by atoms with Crippen molar-refractivity contribution in [3.8, 4) is 5.75 Å². The number of hydrogen-bond donors (Lipinski definition) is 2. The Bertz CT molecular complexity index is 593. The Balaban J connectivity index is 0.000000234. The Morgan fingerprint density at radius 1 is 1.24 bits per heavy atom. The van der Waals surface area contributed by atoms with E-state index >= 15 is 0 Å². The van der Waals surface area contributed by atoms with Crippen molar-refractivity contribution in [1.29, 1.82) is 0 Å². The molecule has 0 bridgehead atoms. The van der Waals surface area contributed by atoms with Crippen LogP contribution >= 0.6 is 0 Å². The molecule has 2 fully saturated rings. The topological polar surface area (TPSA) is 66.1 Å². The van der Waals surface area contributed by atoms with E-state index in [1.165, 1.54) is 6.42 Å². The van der Waals surface area contributed by atoms with Gasteiger partial charge < -0.3 is 25.0 Å². The summed E-state index contributed by atoms with van der Waals surface area (Å²) < 4.78 is 11.1. The molecular formula is C22H38N4O3. The highest BCUT2D eigenvalue weighted by atomic mass is 16.5. The smallest absolute Gasteiger partial charge is 0.219 e. The highest BCUT2D eigenvalue weighted by Crippen LogP contribution is 2.16. The van der Waals surface area contributed by atoms with Crippen LogP contribution in [-0.2, 0) is 9.53 Å². The molecule has 1 atom stereocenters. The zero-order valence-corrected chi connectivity index (χ0v) is 18.3. The summed E-state index contributed by atoms with van der Waals surface area (Å²) in [5.74, 6) is 1.13. The van der Waals surface area contributed by atoms with Gasteiger partial charge in [0, 0.05) is 64.5 Å². The van der Waals surface area contributed by atoms with Crippen molar-refractivity contribution in [3.05, 3.63) is 24.3 Å². The van der Waals surface area contributed by atoms with Gasteiger partial charge in [0.25, 0.3) is 0 Å². The number of likely N-dealkylation sites (tertiary alicyclic amines) is 1. The molecule has 2 heterocycles. The Hall–Kier alpha value is -1.83. The minimum Gasteiger partial charge on any atom is -0.493 e. The maximum Gasteiger partial charge on any atom is 0.219 e. The SMILES string of the molecule is CNC1CCCN(C(C)=O)C1.CNc1cccc(OCCCN2CCOCC2)c1. The average molecular weight is 407 g/mol. The van der Waals surface area contributed by atoms with Gasteiger partial charge >= 0.3 is 0 Å². The average Bonchev–Trinajstić information content (AvgIpc) is 2.78. The van der Waals surface area contributed by atoms with Crippen molar-refractivity contribution in [2.24, 2.45) is 0 Å². The fraction of sp³-hybridized carbons (Fsp3) is 0.682. The lowest BCUT2D eigenvalue weighted by Gasteiger charge is -2.31. The summed E-state index contributed by atoms with van der Waals surface area (Å²) in [5, 5.41) is 6.30. The number of piperidine rings is 1. The highest BCUT2D eigenvalue weighted by molar-refractivity contribution is 5.73. The van der Waals surface area contributed by atoms with Gasteiger partial charge in [-0.1, -0.05) is 6.07 Å². The van der Waals surface area contributed by atoms with E-state index in [0.717, 1.165) is 76.8 Å². The molecule has 2 aliphatic heterocycles. The molecule has 2 aliphatic rings. The lowest BCUT2D eigenvalue weighted by molar-refractivity contribution is -0.130. The van der Waals surface area contributed by atoms with Crippen molar-refractivity contribution in [2.45, 2.75) is 32.2 Å². The van der Waals surface area contributed by atoms with E-state index in [1.807, 2.05) is 43.3 Å². The highest BCUT2D eigenvalue weighted by Gasteiger charge is 2.19. The maximum absolute atomic E-state index is 11.0. The molecule has 7 nitrogen and oxygen atoms in total. The van der Waals surface area contributed by atoms with Crippen LogP contribution in [0.5, 0.6) is 5.75 Å². The molecule has 1 aromatic carbocycles. The van der Waals surface area contributed by atoms with Crippen LogP contribution in [0.4, 0.5) is 5.69 Å². The molecule has 0 spiro atoms. The van der Waals surface area contributed by atoms with Crippen molar-refractivity contribution in [3.63, 3.8) is 0 Å². The van der Waals surface area contributed by atoms with Crippen molar-refractivity contribution in [2.75, 3.05) is 72.0 Å². The summed E-state index contributed by atoms with van der Waals surface area (Å²) >= 11 is 0. The first-order valence-corrected chi connectivity index (χ1v) is 10.8. The molecule has 0 saturated carbocycles. The van der Waals surface area contributed by atoms with E-state index in [4.69, 9.17) is 9.47 Å². The number of carbonyl (C=O) groups is 1. The summed E-state index contributed by atoms with van der Waals surface area (Å²) in [7, 11) is 3.87. The van der Waals surface area contributed by atoms with Crippen LogP contribution in [0.15, 0.2) is 24.3 Å². The Kier molecular flexibility index (Phi) is 10.8. The molecule has 0 radical (unpaired) electrons. The van der Waals surface area contributed by atoms with Crippen LogP contribution in [0.1, 0.15) is 26.2 Å². The van der Waals surface area contributed by atoms with Crippen LogP contribution in [0, 0.1) is 0 Å². The van der Waals surface area contributed by atoms with E-state index in [-0.39, 0.29) is 5.91 Å². The number of rotatable bonds is 7. The molecule has 7 heteroatoms. The third-order valence-electron chi connectivity index (χ3n) is 5.39. The van der Waals surface area contributed by atoms with Gasteiger partial charge in [-0.3, -0.25) is 9.69 Å². The number of nitrogens with zero attached hydrogens (tertiary/aromatic N) is 2. The van der Waals surface area contributed by atoms with Crippen LogP contribution < -0.4 is 15.4 Å². The van der Waals surface area contributed by atoms with Crippen molar-refractivity contribution in [1.82, 2.24) is 15.1 Å². The maximum atomic E-state index is 11.0. The van der Waals surface area contributed by atoms with Crippen LogP contribution in [0.25, 0.3) is 0 Å². The third kappa shape index (κ3) is 9.02. The second-order valence-electron chi connectivity index (χ2n) is 7.53. The van der Waals surface area contributed by atoms with Gasteiger partial charge in [0.2, 0.25) is 5.91 Å². The first kappa shape index (κ1) is 23.4. The number of morpholine rings is 1. The first-order chi connectivity index (χ1) is 14.1. The molecule has 1 aromatic rings. The largest absolute Gasteiger partial charge is 0.493 e. The number of likely N-dealkylation sites (N-methyl/N-ethyl adjacent to an activating group) is 1. The molecule has 29 heavy (non-hydrogen) atoms. The fourth-order valence-corrected chi connectivity index (χ4v) is 3.54. The normalized spacial score (nSPS) is 19.8. The van der Waals surface area contributed by atoms with E-state index in [2.05, 4.69) is 15.5 Å². The van der Waals surface area contributed by atoms with Gasteiger partial charge in [0.15, 0.2) is 0 Å². The Morgan fingerprint density at radius 3 is 2.72 bits per heavy atom. The molecule has 0 aliphatic carbocycles. The Morgan fingerprint density at radius 2 is 2.03 bits per heavy atom. The first-order valence-electron chi connectivity index (χ1n) is 10.8. The lowest BCUT2D eigenvalue weighted by atomic mass is 10.1. The number of anilines is 1. The fourth-order valence-electron chi connectivity index (χ4n) is 3.54. The third-order valence-corrected chi connectivity index (χ3v) is 5.39. The number of carbonyl (C=O) groups excluding carboxylic acids is 1. The monoisotopic (exact) mass is 406 g/mol. The van der Waals surface area contributed by atoms with Gasteiger partial charge in [0.05, 0.1) is 19.8 Å². The lowest BCUT2D eigenvalue weighted by Crippen LogP contribution is -2.46. The Labute approximate surface area is 175 Å².